The van der Waals surface area contributed by atoms with Crippen LogP contribution in [0.3, 0.4) is 0 Å². The molecule has 0 bridgehead atoms. The Balaban J connectivity index is 1.25. The number of hydrogen-bond acceptors (Lipinski definition) is 7. The van der Waals surface area contributed by atoms with Gasteiger partial charge < -0.3 is 29.7 Å². The number of pyridine rings is 2. The summed E-state index contributed by atoms with van der Waals surface area (Å²) in [5.74, 6) is 0.232. The highest BCUT2D eigenvalue weighted by atomic mass is 16.5. The van der Waals surface area contributed by atoms with Gasteiger partial charge in [-0.1, -0.05) is 24.3 Å². The first kappa shape index (κ1) is 27.7. The molecular weight excluding hydrogens is 498 g/mol. The van der Waals surface area contributed by atoms with Gasteiger partial charge in [0.05, 0.1) is 13.7 Å². The number of nitrogens with zero attached hydrogens (tertiary/aromatic N) is 4. The van der Waals surface area contributed by atoms with Gasteiger partial charge >= 0.3 is 12.0 Å². The molecule has 39 heavy (non-hydrogen) atoms. The number of carbonyl (C=O) groups excluding carboxylic acids is 1. The average molecular weight is 534 g/mol. The van der Waals surface area contributed by atoms with Gasteiger partial charge in [0, 0.05) is 50.7 Å². The molecule has 1 atom stereocenters. The Morgan fingerprint density at radius 1 is 1.10 bits per heavy atom. The maximum absolute atomic E-state index is 13.0. The van der Waals surface area contributed by atoms with Crippen LogP contribution in [0.25, 0.3) is 0 Å². The number of carbonyl (C=O) groups is 2. The summed E-state index contributed by atoms with van der Waals surface area (Å²) in [5, 5.41) is 13.1. The number of rotatable bonds is 14. The van der Waals surface area contributed by atoms with E-state index in [4.69, 9.17) is 14.5 Å². The minimum absolute atomic E-state index is 0.101. The molecule has 3 aromatic rings. The second-order valence-electron chi connectivity index (χ2n) is 9.29. The van der Waals surface area contributed by atoms with Gasteiger partial charge in [0.1, 0.15) is 17.5 Å². The monoisotopic (exact) mass is 533 g/mol. The number of aromatic nitrogens is 2. The van der Waals surface area contributed by atoms with Gasteiger partial charge in [0.25, 0.3) is 0 Å². The van der Waals surface area contributed by atoms with E-state index in [2.05, 4.69) is 10.3 Å². The predicted octanol–water partition coefficient (Wildman–Crippen LogP) is 4.03. The summed E-state index contributed by atoms with van der Waals surface area (Å²) in [6.45, 7) is 4.75. The van der Waals surface area contributed by atoms with Crippen molar-refractivity contribution in [3.05, 3.63) is 77.6 Å². The summed E-state index contributed by atoms with van der Waals surface area (Å²) < 4.78 is 10.5. The third kappa shape index (κ3) is 7.59. The lowest BCUT2D eigenvalue weighted by atomic mass is 10.0. The molecule has 2 aromatic heterocycles. The third-order valence-electron chi connectivity index (χ3n) is 6.64. The molecule has 206 valence electrons. The molecule has 2 amide bonds. The van der Waals surface area contributed by atoms with Crippen LogP contribution in [0.4, 0.5) is 10.6 Å². The molecule has 0 aliphatic carbocycles. The molecule has 0 spiro atoms. The van der Waals surface area contributed by atoms with Crippen LogP contribution >= 0.6 is 0 Å². The van der Waals surface area contributed by atoms with E-state index >= 15 is 0 Å². The number of carboxylic acid groups (broad SMARTS) is 1. The third-order valence-corrected chi connectivity index (χ3v) is 6.64. The number of aryl methyl sites for hydroxylation is 1. The Morgan fingerprint density at radius 2 is 1.90 bits per heavy atom. The molecule has 10 nitrogen and oxygen atoms in total. The number of anilines is 1. The quantitative estimate of drug-likeness (QED) is 0.319. The van der Waals surface area contributed by atoms with E-state index in [1.54, 1.807) is 29.0 Å². The second kappa shape index (κ2) is 13.5. The zero-order valence-electron chi connectivity index (χ0n) is 22.4. The molecule has 1 aliphatic rings. The van der Waals surface area contributed by atoms with E-state index in [1.165, 1.54) is 6.20 Å². The predicted molar refractivity (Wildman–Crippen MR) is 147 cm³/mol. The lowest BCUT2D eigenvalue weighted by Gasteiger charge is -2.22. The van der Waals surface area contributed by atoms with Crippen molar-refractivity contribution >= 4 is 17.8 Å². The molecule has 1 aromatic carbocycles. The largest absolute Gasteiger partial charge is 0.497 e. The molecule has 4 rings (SSSR count). The van der Waals surface area contributed by atoms with Crippen molar-refractivity contribution in [1.82, 2.24) is 19.8 Å². The topological polar surface area (TPSA) is 117 Å². The smallest absolute Gasteiger partial charge is 0.320 e. The molecule has 0 radical (unpaired) electrons. The standard InChI is InChI=1S/C29H35N5O5/c1-3-39-27-14-11-22(19-31-27)25(28(35)36)20-34-17-16-33(29(34)37)15-5-7-23-6-4-8-26(32-23)30-18-21-9-12-24(38-2)13-10-21/h4,6,8-14,19,25H,3,5,7,15-18,20H2,1-2H3,(H,30,32)(H,35,36)/t25-/m1/s1. The summed E-state index contributed by atoms with van der Waals surface area (Å²) in [7, 11) is 1.65. The number of carboxylic acids is 1. The zero-order valence-corrected chi connectivity index (χ0v) is 22.4. The summed E-state index contributed by atoms with van der Waals surface area (Å²) in [5.41, 5.74) is 2.62. The number of urea groups is 1. The Kier molecular flexibility index (Phi) is 9.55. The Hall–Kier alpha value is -4.34. The number of nitrogens with one attached hydrogen (secondary N) is 1. The van der Waals surface area contributed by atoms with Crippen molar-refractivity contribution in [3.8, 4) is 11.6 Å². The van der Waals surface area contributed by atoms with Crippen LogP contribution in [0.2, 0.25) is 0 Å². The van der Waals surface area contributed by atoms with E-state index in [9.17, 15) is 14.7 Å². The SMILES string of the molecule is CCOc1ccc([C@@H](CN2CCN(CCCc3cccc(NCc4ccc(OC)cc4)n3)C2=O)C(=O)O)cn1. The first-order valence-corrected chi connectivity index (χ1v) is 13.1. The molecule has 1 saturated heterocycles. The van der Waals surface area contributed by atoms with Crippen molar-refractivity contribution in [1.29, 1.82) is 0 Å². The normalized spacial score (nSPS) is 13.8. The van der Waals surface area contributed by atoms with E-state index in [1.807, 2.05) is 49.4 Å². The first-order valence-electron chi connectivity index (χ1n) is 13.1. The van der Waals surface area contributed by atoms with Crippen LogP contribution in [-0.2, 0) is 17.8 Å². The van der Waals surface area contributed by atoms with Crippen molar-refractivity contribution in [2.24, 2.45) is 0 Å². The second-order valence-corrected chi connectivity index (χ2v) is 9.29. The van der Waals surface area contributed by atoms with Crippen LogP contribution in [0.5, 0.6) is 11.6 Å². The lowest BCUT2D eigenvalue weighted by Crippen LogP contribution is -2.36. The molecule has 0 saturated carbocycles. The Bertz CT molecular complexity index is 1240. The maximum Gasteiger partial charge on any atom is 0.320 e. The van der Waals surface area contributed by atoms with Gasteiger partial charge in [-0.25, -0.2) is 14.8 Å². The Morgan fingerprint density at radius 3 is 2.59 bits per heavy atom. The number of hydrogen-bond donors (Lipinski definition) is 2. The fourth-order valence-electron chi connectivity index (χ4n) is 4.49. The van der Waals surface area contributed by atoms with Gasteiger partial charge in [-0.2, -0.15) is 0 Å². The van der Waals surface area contributed by atoms with Gasteiger partial charge in [0.2, 0.25) is 5.88 Å². The average Bonchev–Trinajstić information content (AvgIpc) is 3.30. The van der Waals surface area contributed by atoms with Crippen LogP contribution in [0, 0.1) is 0 Å². The highest BCUT2D eigenvalue weighted by molar-refractivity contribution is 5.80. The van der Waals surface area contributed by atoms with E-state index in [0.717, 1.165) is 35.7 Å². The fourth-order valence-corrected chi connectivity index (χ4v) is 4.49. The van der Waals surface area contributed by atoms with E-state index in [0.29, 0.717) is 44.2 Å². The number of aliphatic carboxylic acids is 1. The van der Waals surface area contributed by atoms with Crippen molar-refractivity contribution in [2.75, 3.05) is 45.2 Å². The molecule has 10 heteroatoms. The zero-order chi connectivity index (χ0) is 27.6. The van der Waals surface area contributed by atoms with Gasteiger partial charge in [-0.15, -0.1) is 0 Å². The molecular formula is C29H35N5O5. The molecule has 1 fully saturated rings. The van der Waals surface area contributed by atoms with Crippen molar-refractivity contribution in [3.63, 3.8) is 0 Å². The molecule has 0 unspecified atom stereocenters. The van der Waals surface area contributed by atoms with E-state index < -0.39 is 11.9 Å². The summed E-state index contributed by atoms with van der Waals surface area (Å²) >= 11 is 0. The summed E-state index contributed by atoms with van der Waals surface area (Å²) in [6, 6.07) is 17.0. The fraction of sp³-hybridized carbons (Fsp3) is 0.379. The van der Waals surface area contributed by atoms with Crippen LogP contribution in [0.1, 0.15) is 36.1 Å². The molecule has 1 aliphatic heterocycles. The summed E-state index contributed by atoms with van der Waals surface area (Å²) in [4.78, 5) is 37.2. The van der Waals surface area contributed by atoms with E-state index in [-0.39, 0.29) is 12.6 Å². The Labute approximate surface area is 228 Å². The lowest BCUT2D eigenvalue weighted by molar-refractivity contribution is -0.139. The number of ether oxygens (including phenoxy) is 2. The highest BCUT2D eigenvalue weighted by Gasteiger charge is 2.32. The minimum Gasteiger partial charge on any atom is -0.497 e. The van der Waals surface area contributed by atoms with Gasteiger partial charge in [-0.05, 0) is 55.2 Å². The van der Waals surface area contributed by atoms with Crippen molar-refractivity contribution < 1.29 is 24.2 Å². The van der Waals surface area contributed by atoms with Gasteiger partial charge in [0.15, 0.2) is 0 Å². The number of benzene rings is 1. The maximum atomic E-state index is 13.0. The van der Waals surface area contributed by atoms with Crippen LogP contribution < -0.4 is 14.8 Å². The first-order chi connectivity index (χ1) is 19.0. The van der Waals surface area contributed by atoms with Crippen molar-refractivity contribution in [2.45, 2.75) is 32.2 Å². The number of amides is 2. The summed E-state index contributed by atoms with van der Waals surface area (Å²) in [6.07, 6.45) is 3.01. The van der Waals surface area contributed by atoms with Gasteiger partial charge in [-0.3, -0.25) is 4.79 Å². The van der Waals surface area contributed by atoms with Crippen LogP contribution in [0.15, 0.2) is 60.8 Å². The minimum atomic E-state index is -0.987. The molecule has 3 heterocycles. The number of methoxy groups -OCH3 is 1. The molecule has 2 N–H and O–H groups in total. The highest BCUT2D eigenvalue weighted by Crippen LogP contribution is 2.22. The van der Waals surface area contributed by atoms with Crippen LogP contribution in [-0.4, -0.2) is 76.8 Å².